The van der Waals surface area contributed by atoms with Crippen molar-refractivity contribution in [1.82, 2.24) is 9.97 Å². The van der Waals surface area contributed by atoms with E-state index in [1.54, 1.807) is 17.8 Å². The van der Waals surface area contributed by atoms with Crippen molar-refractivity contribution in [3.63, 3.8) is 0 Å². The second kappa shape index (κ2) is 5.79. The lowest BCUT2D eigenvalue weighted by Crippen LogP contribution is -2.05. The minimum absolute atomic E-state index is 0.208. The summed E-state index contributed by atoms with van der Waals surface area (Å²) >= 11 is 1.56. The van der Waals surface area contributed by atoms with Gasteiger partial charge in [0.25, 0.3) is 0 Å². The summed E-state index contributed by atoms with van der Waals surface area (Å²) in [4.78, 5) is 10.1. The highest BCUT2D eigenvalue weighted by Gasteiger charge is 2.18. The fraction of sp³-hybridized carbons (Fsp3) is 0.333. The van der Waals surface area contributed by atoms with Gasteiger partial charge in [-0.25, -0.2) is 14.4 Å². The molecule has 0 aliphatic heterocycles. The summed E-state index contributed by atoms with van der Waals surface area (Å²) in [5.74, 6) is 2.21. The van der Waals surface area contributed by atoms with Gasteiger partial charge in [0.1, 0.15) is 17.5 Å². The Labute approximate surface area is 122 Å². The maximum absolute atomic E-state index is 13.1. The third-order valence-corrected chi connectivity index (χ3v) is 4.37. The van der Waals surface area contributed by atoms with Crippen molar-refractivity contribution >= 4 is 17.6 Å². The van der Waals surface area contributed by atoms with E-state index in [0.717, 1.165) is 35.8 Å². The number of hydrogen-bond acceptors (Lipinski definition) is 4. The molecule has 1 aliphatic rings. The van der Waals surface area contributed by atoms with Crippen molar-refractivity contribution in [2.45, 2.75) is 29.9 Å². The number of nitrogens with one attached hydrogen (secondary N) is 1. The van der Waals surface area contributed by atoms with E-state index < -0.39 is 0 Å². The van der Waals surface area contributed by atoms with Crippen LogP contribution >= 0.6 is 11.8 Å². The summed E-state index contributed by atoms with van der Waals surface area (Å²) in [6.07, 6.45) is 3.24. The van der Waals surface area contributed by atoms with Crippen LogP contribution in [0.3, 0.4) is 0 Å². The zero-order chi connectivity index (χ0) is 13.9. The SMILES string of the molecule is CNc1nc(CSc2cccc(F)c2)nc2c1CCC2. The summed E-state index contributed by atoms with van der Waals surface area (Å²) in [6, 6.07) is 6.62. The number of hydrogen-bond donors (Lipinski definition) is 1. The van der Waals surface area contributed by atoms with Gasteiger partial charge in [-0.05, 0) is 37.5 Å². The van der Waals surface area contributed by atoms with Gasteiger partial charge < -0.3 is 5.32 Å². The molecule has 5 heteroatoms. The minimum Gasteiger partial charge on any atom is -0.373 e. The molecule has 0 fully saturated rings. The monoisotopic (exact) mass is 289 g/mol. The fourth-order valence-electron chi connectivity index (χ4n) is 2.46. The van der Waals surface area contributed by atoms with E-state index in [1.165, 1.54) is 23.4 Å². The first-order chi connectivity index (χ1) is 9.76. The molecular weight excluding hydrogens is 273 g/mol. The van der Waals surface area contributed by atoms with Crippen molar-refractivity contribution in [2.24, 2.45) is 0 Å². The molecule has 0 radical (unpaired) electrons. The summed E-state index contributed by atoms with van der Waals surface area (Å²) in [5.41, 5.74) is 2.42. The Hall–Kier alpha value is -1.62. The lowest BCUT2D eigenvalue weighted by Gasteiger charge is -2.09. The Morgan fingerprint density at radius 3 is 3.00 bits per heavy atom. The van der Waals surface area contributed by atoms with Crippen LogP contribution in [0.4, 0.5) is 10.2 Å². The Bertz CT molecular complexity index is 631. The van der Waals surface area contributed by atoms with Crippen molar-refractivity contribution in [1.29, 1.82) is 0 Å². The molecule has 0 saturated carbocycles. The van der Waals surface area contributed by atoms with E-state index in [2.05, 4.69) is 15.3 Å². The van der Waals surface area contributed by atoms with Crippen LogP contribution in [0, 0.1) is 5.82 Å². The molecule has 1 aliphatic carbocycles. The zero-order valence-corrected chi connectivity index (χ0v) is 12.1. The fourth-order valence-corrected chi connectivity index (χ4v) is 3.26. The van der Waals surface area contributed by atoms with Crippen molar-refractivity contribution in [3.8, 4) is 0 Å². The molecule has 1 aromatic heterocycles. The summed E-state index contributed by atoms with van der Waals surface area (Å²) in [7, 11) is 1.89. The standard InChI is InChI=1S/C15H16FN3S/c1-17-15-12-6-3-7-13(12)18-14(19-15)9-20-11-5-2-4-10(16)8-11/h2,4-5,8H,3,6-7,9H2,1H3,(H,17,18,19). The second-order valence-corrected chi connectivity index (χ2v) is 5.81. The normalized spacial score (nSPS) is 13.3. The molecule has 0 saturated heterocycles. The predicted molar refractivity (Wildman–Crippen MR) is 79.6 cm³/mol. The van der Waals surface area contributed by atoms with E-state index in [1.807, 2.05) is 13.1 Å². The van der Waals surface area contributed by atoms with Gasteiger partial charge in [0, 0.05) is 23.2 Å². The maximum Gasteiger partial charge on any atom is 0.141 e. The molecule has 3 nitrogen and oxygen atoms in total. The van der Waals surface area contributed by atoms with Gasteiger partial charge in [-0.3, -0.25) is 0 Å². The molecular formula is C15H16FN3S. The van der Waals surface area contributed by atoms with Gasteiger partial charge >= 0.3 is 0 Å². The Morgan fingerprint density at radius 2 is 2.20 bits per heavy atom. The third kappa shape index (κ3) is 2.77. The Balaban J connectivity index is 1.78. The first-order valence-corrected chi connectivity index (χ1v) is 7.69. The molecule has 0 spiro atoms. The largest absolute Gasteiger partial charge is 0.373 e. The van der Waals surface area contributed by atoms with E-state index in [-0.39, 0.29) is 5.82 Å². The third-order valence-electron chi connectivity index (χ3n) is 3.38. The van der Waals surface area contributed by atoms with Crippen molar-refractivity contribution in [2.75, 3.05) is 12.4 Å². The molecule has 3 rings (SSSR count). The van der Waals surface area contributed by atoms with Crippen LogP contribution in [-0.4, -0.2) is 17.0 Å². The van der Waals surface area contributed by atoms with E-state index in [4.69, 9.17) is 0 Å². The molecule has 1 heterocycles. The number of rotatable bonds is 4. The number of thioether (sulfide) groups is 1. The highest BCUT2D eigenvalue weighted by molar-refractivity contribution is 7.98. The summed E-state index contributed by atoms with van der Waals surface area (Å²) in [5, 5.41) is 3.15. The quantitative estimate of drug-likeness (QED) is 0.875. The minimum atomic E-state index is -0.208. The van der Waals surface area contributed by atoms with Crippen LogP contribution in [0.5, 0.6) is 0 Å². The summed E-state index contributed by atoms with van der Waals surface area (Å²) < 4.78 is 13.1. The van der Waals surface area contributed by atoms with Crippen LogP contribution < -0.4 is 5.32 Å². The Morgan fingerprint density at radius 1 is 1.30 bits per heavy atom. The molecule has 1 N–H and O–H groups in total. The zero-order valence-electron chi connectivity index (χ0n) is 11.3. The van der Waals surface area contributed by atoms with Gasteiger partial charge in [0.15, 0.2) is 0 Å². The molecule has 20 heavy (non-hydrogen) atoms. The van der Waals surface area contributed by atoms with Crippen molar-refractivity contribution in [3.05, 3.63) is 47.2 Å². The average molecular weight is 289 g/mol. The molecule has 104 valence electrons. The highest BCUT2D eigenvalue weighted by atomic mass is 32.2. The summed E-state index contributed by atoms with van der Waals surface area (Å²) in [6.45, 7) is 0. The highest BCUT2D eigenvalue weighted by Crippen LogP contribution is 2.28. The number of anilines is 1. The van der Waals surface area contributed by atoms with Gasteiger partial charge in [-0.15, -0.1) is 11.8 Å². The number of nitrogens with zero attached hydrogens (tertiary/aromatic N) is 2. The smallest absolute Gasteiger partial charge is 0.141 e. The van der Waals surface area contributed by atoms with Crippen LogP contribution in [0.2, 0.25) is 0 Å². The van der Waals surface area contributed by atoms with Gasteiger partial charge in [0.2, 0.25) is 0 Å². The molecule has 0 atom stereocenters. The van der Waals surface area contributed by atoms with Crippen LogP contribution in [0.1, 0.15) is 23.5 Å². The van der Waals surface area contributed by atoms with Gasteiger partial charge in [-0.1, -0.05) is 6.07 Å². The molecule has 0 amide bonds. The lowest BCUT2D eigenvalue weighted by molar-refractivity contribution is 0.624. The first kappa shape index (κ1) is 13.4. The van der Waals surface area contributed by atoms with Crippen LogP contribution in [0.25, 0.3) is 0 Å². The molecule has 2 aromatic rings. The average Bonchev–Trinajstić information content (AvgIpc) is 2.92. The Kier molecular flexibility index (Phi) is 3.87. The van der Waals surface area contributed by atoms with Gasteiger partial charge in [-0.2, -0.15) is 0 Å². The predicted octanol–water partition coefficient (Wildman–Crippen LogP) is 3.44. The molecule has 0 unspecified atom stereocenters. The topological polar surface area (TPSA) is 37.8 Å². The van der Waals surface area contributed by atoms with Crippen LogP contribution in [0.15, 0.2) is 29.2 Å². The lowest BCUT2D eigenvalue weighted by atomic mass is 10.2. The number of halogens is 1. The number of aryl methyl sites for hydroxylation is 1. The number of aromatic nitrogens is 2. The molecule has 0 bridgehead atoms. The van der Waals surface area contributed by atoms with E-state index in [0.29, 0.717) is 5.75 Å². The number of fused-ring (bicyclic) bond motifs is 1. The number of benzene rings is 1. The molecule has 1 aromatic carbocycles. The van der Waals surface area contributed by atoms with E-state index >= 15 is 0 Å². The van der Waals surface area contributed by atoms with Crippen molar-refractivity contribution < 1.29 is 4.39 Å². The van der Waals surface area contributed by atoms with Gasteiger partial charge in [0.05, 0.1) is 5.75 Å². The first-order valence-electron chi connectivity index (χ1n) is 6.71. The van der Waals surface area contributed by atoms with E-state index in [9.17, 15) is 4.39 Å². The second-order valence-electron chi connectivity index (χ2n) is 4.76. The maximum atomic E-state index is 13.1. The van der Waals surface area contributed by atoms with Crippen LogP contribution in [-0.2, 0) is 18.6 Å².